The molecule has 18 heavy (non-hydrogen) atoms. The van der Waals surface area contributed by atoms with E-state index in [1.807, 2.05) is 0 Å². The Kier molecular flexibility index (Phi) is 5.88. The Morgan fingerprint density at radius 3 is 2.89 bits per heavy atom. The molecule has 0 heterocycles. The number of hydrogen-bond donors (Lipinski definition) is 1. The molecule has 1 N–H and O–H groups in total. The fraction of sp³-hybridized carbons (Fsp3) is 0.417. The molecule has 0 fully saturated rings. The molecule has 0 radical (unpaired) electrons. The number of hydrogen-bond acceptors (Lipinski definition) is 3. The second-order valence-electron chi connectivity index (χ2n) is 3.62. The van der Waals surface area contributed by atoms with E-state index in [0.717, 1.165) is 6.07 Å². The van der Waals surface area contributed by atoms with Crippen LogP contribution >= 0.6 is 11.6 Å². The lowest BCUT2D eigenvalue weighted by Gasteiger charge is -2.14. The molecule has 1 rings (SSSR count). The third-order valence-electron chi connectivity index (χ3n) is 2.18. The SMILES string of the molecule is COCCNC(=O)C(C)Oc1ccc(Cl)c(F)c1. The summed E-state index contributed by atoms with van der Waals surface area (Å²) in [5.41, 5.74) is 0. The van der Waals surface area contributed by atoms with Crippen LogP contribution in [0.25, 0.3) is 0 Å². The Bertz CT molecular complexity index is 414. The van der Waals surface area contributed by atoms with Gasteiger partial charge in [-0.2, -0.15) is 0 Å². The number of carbonyl (C=O) groups excluding carboxylic acids is 1. The standard InChI is InChI=1S/C12H15ClFNO3/c1-8(12(16)15-5-6-17-2)18-9-3-4-10(13)11(14)7-9/h3-4,7-8H,5-6H2,1-2H3,(H,15,16). The molecule has 0 aliphatic rings. The zero-order chi connectivity index (χ0) is 13.5. The molecular weight excluding hydrogens is 261 g/mol. The van der Waals surface area contributed by atoms with Gasteiger partial charge in [0, 0.05) is 19.7 Å². The highest BCUT2D eigenvalue weighted by molar-refractivity contribution is 6.30. The molecule has 1 aromatic carbocycles. The van der Waals surface area contributed by atoms with E-state index in [0.29, 0.717) is 13.2 Å². The number of methoxy groups -OCH3 is 1. The van der Waals surface area contributed by atoms with Gasteiger partial charge in [-0.25, -0.2) is 4.39 Å². The molecule has 100 valence electrons. The molecule has 1 aromatic rings. The molecule has 0 spiro atoms. The largest absolute Gasteiger partial charge is 0.481 e. The molecule has 1 amide bonds. The van der Waals surface area contributed by atoms with Crippen molar-refractivity contribution in [1.82, 2.24) is 5.32 Å². The van der Waals surface area contributed by atoms with Crippen molar-refractivity contribution in [2.45, 2.75) is 13.0 Å². The molecular formula is C12H15ClFNO3. The Hall–Kier alpha value is -1.33. The topological polar surface area (TPSA) is 47.6 Å². The Morgan fingerprint density at radius 2 is 2.28 bits per heavy atom. The van der Waals surface area contributed by atoms with Crippen LogP contribution in [0.3, 0.4) is 0 Å². The Morgan fingerprint density at radius 1 is 1.56 bits per heavy atom. The van der Waals surface area contributed by atoms with E-state index in [4.69, 9.17) is 21.1 Å². The summed E-state index contributed by atoms with van der Waals surface area (Å²) >= 11 is 5.54. The number of carbonyl (C=O) groups is 1. The molecule has 0 saturated heterocycles. The molecule has 0 aliphatic carbocycles. The summed E-state index contributed by atoms with van der Waals surface area (Å²) in [5.74, 6) is -0.616. The van der Waals surface area contributed by atoms with Crippen molar-refractivity contribution in [3.05, 3.63) is 29.0 Å². The molecule has 1 unspecified atom stereocenters. The quantitative estimate of drug-likeness (QED) is 0.808. The summed E-state index contributed by atoms with van der Waals surface area (Å²) in [6.07, 6.45) is -0.720. The van der Waals surface area contributed by atoms with Crippen molar-refractivity contribution in [3.63, 3.8) is 0 Å². The van der Waals surface area contributed by atoms with Crippen molar-refractivity contribution in [1.29, 1.82) is 0 Å². The third-order valence-corrected chi connectivity index (χ3v) is 2.49. The van der Waals surface area contributed by atoms with Crippen LogP contribution in [0, 0.1) is 5.82 Å². The normalized spacial score (nSPS) is 12.0. The summed E-state index contributed by atoms with van der Waals surface area (Å²) < 4.78 is 23.2. The predicted molar refractivity (Wildman–Crippen MR) is 66.4 cm³/mol. The Labute approximate surface area is 110 Å². The van der Waals surface area contributed by atoms with Gasteiger partial charge in [-0.15, -0.1) is 0 Å². The van der Waals surface area contributed by atoms with Crippen LogP contribution in [0.5, 0.6) is 5.75 Å². The van der Waals surface area contributed by atoms with Crippen molar-refractivity contribution in [3.8, 4) is 5.75 Å². The van der Waals surface area contributed by atoms with E-state index in [1.54, 1.807) is 14.0 Å². The van der Waals surface area contributed by atoms with E-state index < -0.39 is 11.9 Å². The fourth-order valence-electron chi connectivity index (χ4n) is 1.23. The molecule has 1 atom stereocenters. The van der Waals surface area contributed by atoms with E-state index in [1.165, 1.54) is 12.1 Å². The lowest BCUT2D eigenvalue weighted by Crippen LogP contribution is -2.37. The summed E-state index contributed by atoms with van der Waals surface area (Å²) in [6, 6.07) is 4.02. The van der Waals surface area contributed by atoms with Gasteiger partial charge in [0.05, 0.1) is 11.6 Å². The van der Waals surface area contributed by atoms with Crippen LogP contribution in [-0.4, -0.2) is 32.3 Å². The monoisotopic (exact) mass is 275 g/mol. The minimum atomic E-state index is -0.720. The average molecular weight is 276 g/mol. The van der Waals surface area contributed by atoms with E-state index >= 15 is 0 Å². The van der Waals surface area contributed by atoms with Crippen LogP contribution in [0.1, 0.15) is 6.92 Å². The second-order valence-corrected chi connectivity index (χ2v) is 4.03. The first-order valence-corrected chi connectivity index (χ1v) is 5.80. The minimum Gasteiger partial charge on any atom is -0.481 e. The summed E-state index contributed by atoms with van der Waals surface area (Å²) in [6.45, 7) is 2.40. The number of nitrogens with one attached hydrogen (secondary N) is 1. The van der Waals surface area contributed by atoms with Gasteiger partial charge in [-0.3, -0.25) is 4.79 Å². The van der Waals surface area contributed by atoms with Gasteiger partial charge in [0.1, 0.15) is 11.6 Å². The smallest absolute Gasteiger partial charge is 0.260 e. The molecule has 6 heteroatoms. The van der Waals surface area contributed by atoms with Gasteiger partial charge in [0.15, 0.2) is 6.10 Å². The van der Waals surface area contributed by atoms with Crippen molar-refractivity contribution in [2.75, 3.05) is 20.3 Å². The van der Waals surface area contributed by atoms with Gasteiger partial charge in [-0.1, -0.05) is 11.6 Å². The molecule has 0 saturated carbocycles. The maximum absolute atomic E-state index is 13.2. The van der Waals surface area contributed by atoms with Crippen molar-refractivity contribution in [2.24, 2.45) is 0 Å². The summed E-state index contributed by atoms with van der Waals surface area (Å²) in [5, 5.41) is 2.63. The van der Waals surface area contributed by atoms with Crippen molar-refractivity contribution < 1.29 is 18.7 Å². The highest BCUT2D eigenvalue weighted by Gasteiger charge is 2.14. The molecule has 0 aliphatic heterocycles. The number of rotatable bonds is 6. The Balaban J connectivity index is 2.50. The molecule has 0 aromatic heterocycles. The van der Waals surface area contributed by atoms with Gasteiger partial charge < -0.3 is 14.8 Å². The van der Waals surface area contributed by atoms with E-state index in [2.05, 4.69) is 5.32 Å². The van der Waals surface area contributed by atoms with Gasteiger partial charge in [0.25, 0.3) is 5.91 Å². The number of benzene rings is 1. The maximum atomic E-state index is 13.2. The first-order valence-electron chi connectivity index (χ1n) is 5.43. The van der Waals surface area contributed by atoms with Crippen LogP contribution < -0.4 is 10.1 Å². The van der Waals surface area contributed by atoms with Crippen LogP contribution in [-0.2, 0) is 9.53 Å². The maximum Gasteiger partial charge on any atom is 0.260 e. The van der Waals surface area contributed by atoms with E-state index in [-0.39, 0.29) is 16.7 Å². The summed E-state index contributed by atoms with van der Waals surface area (Å²) in [4.78, 5) is 11.6. The number of ether oxygens (including phenoxy) is 2. The number of halogens is 2. The fourth-order valence-corrected chi connectivity index (χ4v) is 1.35. The zero-order valence-corrected chi connectivity index (χ0v) is 11.0. The third kappa shape index (κ3) is 4.50. The molecule has 4 nitrogen and oxygen atoms in total. The lowest BCUT2D eigenvalue weighted by molar-refractivity contribution is -0.127. The van der Waals surface area contributed by atoms with Gasteiger partial charge in [-0.05, 0) is 19.1 Å². The van der Waals surface area contributed by atoms with Gasteiger partial charge >= 0.3 is 0 Å². The van der Waals surface area contributed by atoms with E-state index in [9.17, 15) is 9.18 Å². The lowest BCUT2D eigenvalue weighted by atomic mass is 10.3. The predicted octanol–water partition coefficient (Wildman–Crippen LogP) is 2.01. The first-order chi connectivity index (χ1) is 8.54. The van der Waals surface area contributed by atoms with Crippen molar-refractivity contribution >= 4 is 17.5 Å². The average Bonchev–Trinajstić information content (AvgIpc) is 2.34. The zero-order valence-electron chi connectivity index (χ0n) is 10.2. The second kappa shape index (κ2) is 7.18. The van der Waals surface area contributed by atoms with Crippen LogP contribution in [0.15, 0.2) is 18.2 Å². The van der Waals surface area contributed by atoms with Crippen LogP contribution in [0.2, 0.25) is 5.02 Å². The summed E-state index contributed by atoms with van der Waals surface area (Å²) in [7, 11) is 1.54. The van der Waals surface area contributed by atoms with Crippen LogP contribution in [0.4, 0.5) is 4.39 Å². The van der Waals surface area contributed by atoms with Gasteiger partial charge in [0.2, 0.25) is 0 Å². The molecule has 0 bridgehead atoms. The minimum absolute atomic E-state index is 0.0135. The number of amides is 1. The highest BCUT2D eigenvalue weighted by atomic mass is 35.5. The first kappa shape index (κ1) is 14.7. The highest BCUT2D eigenvalue weighted by Crippen LogP contribution is 2.21.